The molecule has 0 spiro atoms. The van der Waals surface area contributed by atoms with Crippen LogP contribution in [-0.4, -0.2) is 50.1 Å². The third kappa shape index (κ3) is 8.33. The Morgan fingerprint density at radius 1 is 0.879 bits per heavy atom. The number of carbonyl (C=O) groups is 1. The Hall–Kier alpha value is -3.22. The lowest BCUT2D eigenvalue weighted by Gasteiger charge is -2.22. The van der Waals surface area contributed by atoms with Crippen molar-refractivity contribution in [1.29, 1.82) is 5.41 Å². The van der Waals surface area contributed by atoms with Gasteiger partial charge in [0.15, 0.2) is 11.5 Å². The van der Waals surface area contributed by atoms with Gasteiger partial charge in [0.25, 0.3) is 5.91 Å². The molecule has 0 aromatic heterocycles. The second-order valence-electron chi connectivity index (χ2n) is 7.85. The topological polar surface area (TPSA) is 97.9 Å². The molecule has 0 atom stereocenters. The number of nitrogen functional groups attached to an aromatic ring is 1. The van der Waals surface area contributed by atoms with E-state index in [4.69, 9.17) is 25.4 Å². The standard InChI is InChI=1S/C26H37N3O4/c1-4-15-29(16-5-2)26(30)21-11-14-23(24(19-21)31-3)33-18-8-6-7-17-32-22-12-9-20(10-13-22)25(27)28/h9-14,19H,4-8,15-18H2,1-3H3,(H3,27,28). The second-order valence-corrected chi connectivity index (χ2v) is 7.85. The number of benzene rings is 2. The van der Waals surface area contributed by atoms with Gasteiger partial charge in [-0.15, -0.1) is 0 Å². The largest absolute Gasteiger partial charge is 0.494 e. The highest BCUT2D eigenvalue weighted by Gasteiger charge is 2.16. The third-order valence-electron chi connectivity index (χ3n) is 5.17. The zero-order valence-corrected chi connectivity index (χ0v) is 20.1. The van der Waals surface area contributed by atoms with Gasteiger partial charge < -0.3 is 24.8 Å². The first-order valence-electron chi connectivity index (χ1n) is 11.7. The number of nitrogens with one attached hydrogen (secondary N) is 1. The maximum absolute atomic E-state index is 12.8. The number of rotatable bonds is 15. The molecule has 0 saturated heterocycles. The average Bonchev–Trinajstić information content (AvgIpc) is 2.83. The molecular formula is C26H37N3O4. The molecule has 2 aromatic rings. The lowest BCUT2D eigenvalue weighted by molar-refractivity contribution is 0.0755. The molecule has 0 saturated carbocycles. The molecule has 7 heteroatoms. The fourth-order valence-corrected chi connectivity index (χ4v) is 3.44. The highest BCUT2D eigenvalue weighted by atomic mass is 16.5. The number of unbranched alkanes of at least 4 members (excludes halogenated alkanes) is 2. The van der Waals surface area contributed by atoms with Gasteiger partial charge in [0.2, 0.25) is 0 Å². The number of methoxy groups -OCH3 is 1. The summed E-state index contributed by atoms with van der Waals surface area (Å²) in [6.07, 6.45) is 4.63. The van der Waals surface area contributed by atoms with E-state index in [-0.39, 0.29) is 11.7 Å². The fourth-order valence-electron chi connectivity index (χ4n) is 3.44. The first-order chi connectivity index (χ1) is 16.0. The van der Waals surface area contributed by atoms with E-state index in [0.29, 0.717) is 35.8 Å². The molecule has 0 aliphatic rings. The summed E-state index contributed by atoms with van der Waals surface area (Å²) >= 11 is 0. The summed E-state index contributed by atoms with van der Waals surface area (Å²) in [6.45, 7) is 6.83. The van der Waals surface area contributed by atoms with E-state index in [0.717, 1.165) is 50.9 Å². The van der Waals surface area contributed by atoms with Crippen LogP contribution in [0.1, 0.15) is 61.9 Å². The molecule has 0 heterocycles. The highest BCUT2D eigenvalue weighted by Crippen LogP contribution is 2.29. The lowest BCUT2D eigenvalue weighted by Crippen LogP contribution is -2.32. The van der Waals surface area contributed by atoms with E-state index in [1.165, 1.54) is 0 Å². The summed E-state index contributed by atoms with van der Waals surface area (Å²) in [5.41, 5.74) is 6.76. The van der Waals surface area contributed by atoms with Crippen LogP contribution in [0.15, 0.2) is 42.5 Å². The molecule has 0 bridgehead atoms. The number of nitrogens with two attached hydrogens (primary N) is 1. The molecule has 0 radical (unpaired) electrons. The van der Waals surface area contributed by atoms with Gasteiger partial charge in [-0.25, -0.2) is 0 Å². The zero-order chi connectivity index (χ0) is 24.1. The molecule has 2 rings (SSSR count). The number of carbonyl (C=O) groups excluding carboxylic acids is 1. The third-order valence-corrected chi connectivity index (χ3v) is 5.17. The zero-order valence-electron chi connectivity index (χ0n) is 20.1. The molecule has 1 amide bonds. The van der Waals surface area contributed by atoms with Crippen LogP contribution >= 0.6 is 0 Å². The van der Waals surface area contributed by atoms with Crippen LogP contribution in [-0.2, 0) is 0 Å². The van der Waals surface area contributed by atoms with E-state index in [2.05, 4.69) is 13.8 Å². The quantitative estimate of drug-likeness (QED) is 0.227. The molecule has 0 aliphatic heterocycles. The predicted molar refractivity (Wildman–Crippen MR) is 132 cm³/mol. The minimum Gasteiger partial charge on any atom is -0.494 e. The van der Waals surface area contributed by atoms with Crippen LogP contribution < -0.4 is 19.9 Å². The number of ether oxygens (including phenoxy) is 3. The maximum atomic E-state index is 12.8. The Morgan fingerprint density at radius 2 is 1.48 bits per heavy atom. The van der Waals surface area contributed by atoms with Crippen molar-refractivity contribution in [3.05, 3.63) is 53.6 Å². The van der Waals surface area contributed by atoms with Gasteiger partial charge in [-0.1, -0.05) is 13.8 Å². The van der Waals surface area contributed by atoms with Crippen molar-refractivity contribution in [2.45, 2.75) is 46.0 Å². The summed E-state index contributed by atoms with van der Waals surface area (Å²) in [4.78, 5) is 14.7. The van der Waals surface area contributed by atoms with E-state index >= 15 is 0 Å². The molecule has 7 nitrogen and oxygen atoms in total. The van der Waals surface area contributed by atoms with Gasteiger partial charge in [-0.2, -0.15) is 0 Å². The van der Waals surface area contributed by atoms with Crippen molar-refractivity contribution in [3.8, 4) is 17.2 Å². The Morgan fingerprint density at radius 3 is 2.06 bits per heavy atom. The molecule has 33 heavy (non-hydrogen) atoms. The van der Waals surface area contributed by atoms with Crippen molar-refractivity contribution in [2.24, 2.45) is 5.73 Å². The van der Waals surface area contributed by atoms with Gasteiger partial charge in [0.05, 0.1) is 20.3 Å². The van der Waals surface area contributed by atoms with Crippen LogP contribution in [0.2, 0.25) is 0 Å². The van der Waals surface area contributed by atoms with E-state index < -0.39 is 0 Å². The van der Waals surface area contributed by atoms with Crippen molar-refractivity contribution in [1.82, 2.24) is 4.90 Å². The number of amides is 1. The van der Waals surface area contributed by atoms with Crippen LogP contribution in [0.25, 0.3) is 0 Å². The SMILES string of the molecule is CCCN(CCC)C(=O)c1ccc(OCCCCCOc2ccc(C(=N)N)cc2)c(OC)c1. The van der Waals surface area contributed by atoms with Crippen molar-refractivity contribution < 1.29 is 19.0 Å². The summed E-state index contributed by atoms with van der Waals surface area (Å²) in [5, 5.41) is 7.40. The maximum Gasteiger partial charge on any atom is 0.253 e. The number of hydrogen-bond donors (Lipinski definition) is 2. The van der Waals surface area contributed by atoms with Gasteiger partial charge in [0, 0.05) is 24.2 Å². The molecule has 0 fully saturated rings. The van der Waals surface area contributed by atoms with Crippen LogP contribution in [0.5, 0.6) is 17.2 Å². The van der Waals surface area contributed by atoms with Crippen LogP contribution in [0.4, 0.5) is 0 Å². The van der Waals surface area contributed by atoms with Gasteiger partial charge in [-0.3, -0.25) is 10.2 Å². The molecule has 0 unspecified atom stereocenters. The summed E-state index contributed by atoms with van der Waals surface area (Å²) in [5.74, 6) is 2.07. The second kappa shape index (κ2) is 14.0. The normalized spacial score (nSPS) is 10.5. The minimum absolute atomic E-state index is 0.0273. The van der Waals surface area contributed by atoms with Crippen molar-refractivity contribution in [3.63, 3.8) is 0 Å². The molecule has 180 valence electrons. The van der Waals surface area contributed by atoms with E-state index in [1.807, 2.05) is 29.2 Å². The summed E-state index contributed by atoms with van der Waals surface area (Å²) < 4.78 is 17.1. The van der Waals surface area contributed by atoms with Crippen LogP contribution in [0.3, 0.4) is 0 Å². The van der Waals surface area contributed by atoms with Gasteiger partial charge >= 0.3 is 0 Å². The van der Waals surface area contributed by atoms with E-state index in [1.54, 1.807) is 25.3 Å². The minimum atomic E-state index is 0.0273. The number of hydrogen-bond acceptors (Lipinski definition) is 5. The predicted octanol–water partition coefficient (Wildman–Crippen LogP) is 4.87. The summed E-state index contributed by atoms with van der Waals surface area (Å²) in [7, 11) is 1.59. The van der Waals surface area contributed by atoms with Gasteiger partial charge in [0.1, 0.15) is 11.6 Å². The Kier molecular flexibility index (Phi) is 11.1. The van der Waals surface area contributed by atoms with Crippen molar-refractivity contribution >= 4 is 11.7 Å². The highest BCUT2D eigenvalue weighted by molar-refractivity contribution is 5.95. The Labute approximate surface area is 197 Å². The summed E-state index contributed by atoms with van der Waals surface area (Å²) in [6, 6.07) is 12.6. The fraction of sp³-hybridized carbons (Fsp3) is 0.462. The monoisotopic (exact) mass is 455 g/mol. The molecule has 3 N–H and O–H groups in total. The van der Waals surface area contributed by atoms with Crippen molar-refractivity contribution in [2.75, 3.05) is 33.4 Å². The number of nitrogens with zero attached hydrogens (tertiary/aromatic N) is 1. The average molecular weight is 456 g/mol. The Bertz CT molecular complexity index is 878. The van der Waals surface area contributed by atoms with Gasteiger partial charge in [-0.05, 0) is 74.6 Å². The molecule has 0 aliphatic carbocycles. The molecule has 2 aromatic carbocycles. The van der Waals surface area contributed by atoms with Crippen LogP contribution in [0, 0.1) is 5.41 Å². The molecular weight excluding hydrogens is 418 g/mol. The number of amidine groups is 1. The first kappa shape index (κ1) is 26.0. The smallest absolute Gasteiger partial charge is 0.253 e. The lowest BCUT2D eigenvalue weighted by atomic mass is 10.1. The Balaban J connectivity index is 1.75. The van der Waals surface area contributed by atoms with E-state index in [9.17, 15) is 4.79 Å². The first-order valence-corrected chi connectivity index (χ1v) is 11.7.